The van der Waals surface area contributed by atoms with Gasteiger partial charge in [-0.1, -0.05) is 27.2 Å². The van der Waals surface area contributed by atoms with Crippen LogP contribution in [0.2, 0.25) is 0 Å². The molecule has 1 fully saturated rings. The zero-order valence-electron chi connectivity index (χ0n) is 15.7. The van der Waals surface area contributed by atoms with E-state index in [-0.39, 0.29) is 23.6 Å². The summed E-state index contributed by atoms with van der Waals surface area (Å²) in [5.74, 6) is 0.480. The second-order valence-electron chi connectivity index (χ2n) is 7.40. The summed E-state index contributed by atoms with van der Waals surface area (Å²) in [6.45, 7) is 8.33. The molecule has 0 aromatic heterocycles. The Morgan fingerprint density at radius 1 is 1.32 bits per heavy atom. The number of piperidine rings is 1. The molecule has 0 saturated carbocycles. The summed E-state index contributed by atoms with van der Waals surface area (Å²) in [4.78, 5) is 42.9. The van der Waals surface area contributed by atoms with Crippen molar-refractivity contribution in [3.8, 4) is 0 Å². The lowest BCUT2D eigenvalue weighted by Crippen LogP contribution is -2.56. The van der Waals surface area contributed by atoms with Crippen LogP contribution in [0.1, 0.15) is 59.8 Å². The van der Waals surface area contributed by atoms with Crippen molar-refractivity contribution in [1.29, 1.82) is 0 Å². The molecule has 2 aliphatic heterocycles. The van der Waals surface area contributed by atoms with Gasteiger partial charge >= 0.3 is 0 Å². The van der Waals surface area contributed by atoms with Gasteiger partial charge in [0.25, 0.3) is 5.91 Å². The number of unbranched alkanes of at least 4 members (excludes halogenated alkanes) is 1. The average molecular weight is 350 g/mol. The molecule has 2 heterocycles. The summed E-state index contributed by atoms with van der Waals surface area (Å²) >= 11 is 0. The Bertz CT molecular complexity index is 563. The van der Waals surface area contributed by atoms with Crippen LogP contribution in [0.25, 0.3) is 0 Å². The number of carbonyl (C=O) groups excluding carboxylic acids is 3. The molecule has 25 heavy (non-hydrogen) atoms. The number of amides is 3. The van der Waals surface area contributed by atoms with E-state index in [0.717, 1.165) is 25.1 Å². The van der Waals surface area contributed by atoms with Crippen LogP contribution in [-0.2, 0) is 14.4 Å². The quantitative estimate of drug-likeness (QED) is 0.755. The van der Waals surface area contributed by atoms with Crippen LogP contribution < -0.4 is 10.6 Å². The summed E-state index contributed by atoms with van der Waals surface area (Å²) < 4.78 is 0. The smallest absolute Gasteiger partial charge is 0.253 e. The summed E-state index contributed by atoms with van der Waals surface area (Å²) in [5.41, 5.74) is -0.707. The topological polar surface area (TPSA) is 90.9 Å². The van der Waals surface area contributed by atoms with Gasteiger partial charge in [0.2, 0.25) is 11.8 Å². The lowest BCUT2D eigenvalue weighted by Gasteiger charge is -2.37. The Morgan fingerprint density at radius 3 is 2.48 bits per heavy atom. The molecule has 0 radical (unpaired) electrons. The summed E-state index contributed by atoms with van der Waals surface area (Å²) in [6, 6.07) is -0.521. The summed E-state index contributed by atoms with van der Waals surface area (Å²) in [5, 5.41) is 5.65. The van der Waals surface area contributed by atoms with E-state index in [1.165, 1.54) is 6.92 Å². The first kappa shape index (κ1) is 19.4. The number of amidine groups is 1. The van der Waals surface area contributed by atoms with Crippen molar-refractivity contribution in [2.75, 3.05) is 13.1 Å². The molecule has 2 rings (SSSR count). The number of rotatable bonds is 6. The molecule has 1 saturated heterocycles. The van der Waals surface area contributed by atoms with E-state index in [4.69, 9.17) is 0 Å². The van der Waals surface area contributed by atoms with Crippen molar-refractivity contribution in [2.45, 2.75) is 71.4 Å². The summed E-state index contributed by atoms with van der Waals surface area (Å²) in [7, 11) is 0. The number of nitrogens with zero attached hydrogens (tertiary/aromatic N) is 2. The highest BCUT2D eigenvalue weighted by Crippen LogP contribution is 2.31. The fourth-order valence-electron chi connectivity index (χ4n) is 3.41. The molecule has 1 spiro atoms. The highest BCUT2D eigenvalue weighted by atomic mass is 16.2. The maximum atomic E-state index is 12.7. The molecular formula is C18H30N4O3. The van der Waals surface area contributed by atoms with Crippen molar-refractivity contribution in [2.24, 2.45) is 10.9 Å². The zero-order valence-corrected chi connectivity index (χ0v) is 15.7. The van der Waals surface area contributed by atoms with E-state index in [1.54, 1.807) is 4.90 Å². The lowest BCUT2D eigenvalue weighted by molar-refractivity contribution is -0.140. The van der Waals surface area contributed by atoms with Gasteiger partial charge in [-0.25, -0.2) is 0 Å². The van der Waals surface area contributed by atoms with Crippen LogP contribution >= 0.6 is 0 Å². The first-order chi connectivity index (χ1) is 11.8. The number of nitrogens with one attached hydrogen (secondary N) is 2. The second-order valence-corrected chi connectivity index (χ2v) is 7.40. The second kappa shape index (κ2) is 7.97. The van der Waals surface area contributed by atoms with Gasteiger partial charge in [0.1, 0.15) is 17.4 Å². The van der Waals surface area contributed by atoms with Crippen LogP contribution in [0.3, 0.4) is 0 Å². The number of hydrogen-bond donors (Lipinski definition) is 2. The molecule has 0 aromatic carbocycles. The van der Waals surface area contributed by atoms with E-state index in [1.807, 2.05) is 13.8 Å². The third-order valence-electron chi connectivity index (χ3n) is 4.99. The molecule has 3 amide bonds. The normalized spacial score (nSPS) is 20.4. The van der Waals surface area contributed by atoms with Crippen molar-refractivity contribution in [3.05, 3.63) is 0 Å². The Labute approximate surface area is 149 Å². The first-order valence-electron chi connectivity index (χ1n) is 9.25. The van der Waals surface area contributed by atoms with Gasteiger partial charge in [-0.3, -0.25) is 19.4 Å². The zero-order chi connectivity index (χ0) is 18.6. The van der Waals surface area contributed by atoms with Gasteiger partial charge in [-0.05, 0) is 25.2 Å². The van der Waals surface area contributed by atoms with Crippen LogP contribution in [0.4, 0.5) is 0 Å². The molecule has 0 aliphatic carbocycles. The van der Waals surface area contributed by atoms with Gasteiger partial charge in [0, 0.05) is 26.4 Å². The largest absolute Gasteiger partial charge is 0.344 e. The van der Waals surface area contributed by atoms with Gasteiger partial charge < -0.3 is 15.5 Å². The minimum atomic E-state index is -0.707. The predicted octanol–water partition coefficient (Wildman–Crippen LogP) is 1.23. The van der Waals surface area contributed by atoms with Crippen molar-refractivity contribution >= 4 is 23.6 Å². The maximum Gasteiger partial charge on any atom is 0.253 e. The standard InChI is InChI=1S/C18H30N4O3/c1-5-6-7-14-20-17(25)18(21-14)8-10-22(11-9-18)16(24)15(12(2)3)19-13(4)23/h12,15H,5-11H2,1-4H3,(H,19,23)(H,20,21,25)/t15-/m0/s1. The van der Waals surface area contributed by atoms with Crippen molar-refractivity contribution in [3.63, 3.8) is 0 Å². The number of carbonyl (C=O) groups is 3. The molecular weight excluding hydrogens is 320 g/mol. The van der Waals surface area contributed by atoms with Gasteiger partial charge in [-0.2, -0.15) is 0 Å². The Hall–Kier alpha value is -1.92. The molecule has 0 aromatic rings. The number of likely N-dealkylation sites (tertiary alicyclic amines) is 1. The van der Waals surface area contributed by atoms with Crippen molar-refractivity contribution in [1.82, 2.24) is 15.5 Å². The van der Waals surface area contributed by atoms with E-state index in [0.29, 0.717) is 25.9 Å². The van der Waals surface area contributed by atoms with Crippen LogP contribution in [0.15, 0.2) is 4.99 Å². The predicted molar refractivity (Wildman–Crippen MR) is 96.1 cm³/mol. The Balaban J connectivity index is 2.00. The molecule has 2 N–H and O–H groups in total. The average Bonchev–Trinajstić information content (AvgIpc) is 2.86. The minimum Gasteiger partial charge on any atom is -0.344 e. The first-order valence-corrected chi connectivity index (χ1v) is 9.25. The van der Waals surface area contributed by atoms with E-state index >= 15 is 0 Å². The van der Waals surface area contributed by atoms with Crippen LogP contribution in [0, 0.1) is 5.92 Å². The molecule has 7 nitrogen and oxygen atoms in total. The van der Waals surface area contributed by atoms with Gasteiger partial charge in [0.05, 0.1) is 0 Å². The maximum absolute atomic E-state index is 12.7. The lowest BCUT2D eigenvalue weighted by atomic mass is 9.87. The number of hydrogen-bond acceptors (Lipinski definition) is 4. The Kier molecular flexibility index (Phi) is 6.19. The number of aliphatic imine (C=N–C) groups is 1. The molecule has 7 heteroatoms. The molecule has 1 atom stereocenters. The summed E-state index contributed by atoms with van der Waals surface area (Å²) in [6.07, 6.45) is 3.93. The van der Waals surface area contributed by atoms with E-state index in [9.17, 15) is 14.4 Å². The fraction of sp³-hybridized carbons (Fsp3) is 0.778. The van der Waals surface area contributed by atoms with Gasteiger partial charge in [0.15, 0.2) is 0 Å². The Morgan fingerprint density at radius 2 is 1.96 bits per heavy atom. The SMILES string of the molecule is CCCCC1=NC2(CCN(C(=O)[C@@H](NC(C)=O)C(C)C)CC2)C(=O)N1. The third kappa shape index (κ3) is 4.38. The molecule has 2 aliphatic rings. The third-order valence-corrected chi connectivity index (χ3v) is 4.99. The monoisotopic (exact) mass is 350 g/mol. The minimum absolute atomic E-state index is 0.0146. The van der Waals surface area contributed by atoms with Gasteiger partial charge in [-0.15, -0.1) is 0 Å². The molecule has 0 unspecified atom stereocenters. The van der Waals surface area contributed by atoms with E-state index in [2.05, 4.69) is 22.5 Å². The highest BCUT2D eigenvalue weighted by molar-refractivity contribution is 6.08. The van der Waals surface area contributed by atoms with Crippen LogP contribution in [-0.4, -0.2) is 53.1 Å². The molecule has 0 bridgehead atoms. The molecule has 140 valence electrons. The fourth-order valence-corrected chi connectivity index (χ4v) is 3.41. The van der Waals surface area contributed by atoms with Crippen LogP contribution in [0.5, 0.6) is 0 Å². The van der Waals surface area contributed by atoms with Crippen molar-refractivity contribution < 1.29 is 14.4 Å². The highest BCUT2D eigenvalue weighted by Gasteiger charge is 2.46. The van der Waals surface area contributed by atoms with E-state index < -0.39 is 11.6 Å².